The molecular weight excluding hydrogens is 276 g/mol. The van der Waals surface area contributed by atoms with Crippen LogP contribution in [-0.4, -0.2) is 12.2 Å². The van der Waals surface area contributed by atoms with E-state index >= 15 is 0 Å². The minimum atomic E-state index is -0.643. The standard InChI is InChI=1S/C15H13F2N3O/c16-11-4-10(5-12(17)7-11)3-9-1-2-14(18)13(6-9)15(19)20-8-21/h1-2,4-8H,3,18H2,(H2,19,20,21). The van der Waals surface area contributed by atoms with E-state index in [-0.39, 0.29) is 12.3 Å². The average Bonchev–Trinajstić information content (AvgIpc) is 2.40. The third-order valence-corrected chi connectivity index (χ3v) is 2.92. The summed E-state index contributed by atoms with van der Waals surface area (Å²) in [6, 6.07) is 8.19. The van der Waals surface area contributed by atoms with Gasteiger partial charge in [0.15, 0.2) is 0 Å². The number of halogens is 2. The van der Waals surface area contributed by atoms with Gasteiger partial charge in [0.2, 0.25) is 6.41 Å². The van der Waals surface area contributed by atoms with E-state index < -0.39 is 11.6 Å². The summed E-state index contributed by atoms with van der Waals surface area (Å²) in [5, 5.41) is 9.89. The second-order valence-corrected chi connectivity index (χ2v) is 4.51. The van der Waals surface area contributed by atoms with Gasteiger partial charge in [-0.2, -0.15) is 0 Å². The van der Waals surface area contributed by atoms with Crippen LogP contribution < -0.4 is 11.1 Å². The molecular formula is C15H13F2N3O. The lowest BCUT2D eigenvalue weighted by Gasteiger charge is -2.09. The minimum absolute atomic E-state index is 0.130. The molecule has 2 aromatic rings. The lowest BCUT2D eigenvalue weighted by atomic mass is 10.0. The third kappa shape index (κ3) is 3.62. The second kappa shape index (κ2) is 6.13. The van der Waals surface area contributed by atoms with Gasteiger partial charge in [-0.25, -0.2) is 8.78 Å². The number of nitrogen functional groups attached to an aromatic ring is 1. The first-order chi connectivity index (χ1) is 9.99. The molecule has 0 aliphatic carbocycles. The van der Waals surface area contributed by atoms with Crippen LogP contribution >= 0.6 is 0 Å². The van der Waals surface area contributed by atoms with Gasteiger partial charge >= 0.3 is 0 Å². The molecule has 2 rings (SSSR count). The second-order valence-electron chi connectivity index (χ2n) is 4.51. The molecule has 6 heteroatoms. The monoisotopic (exact) mass is 289 g/mol. The molecule has 0 fully saturated rings. The Morgan fingerprint density at radius 2 is 1.81 bits per heavy atom. The van der Waals surface area contributed by atoms with Crippen molar-refractivity contribution in [2.75, 3.05) is 5.73 Å². The van der Waals surface area contributed by atoms with E-state index in [1.807, 2.05) is 0 Å². The van der Waals surface area contributed by atoms with E-state index in [4.69, 9.17) is 11.1 Å². The summed E-state index contributed by atoms with van der Waals surface area (Å²) in [6.07, 6.45) is 0.673. The number of carbonyl (C=O) groups is 1. The lowest BCUT2D eigenvalue weighted by molar-refractivity contribution is -0.108. The maximum absolute atomic E-state index is 13.2. The number of amidine groups is 1. The van der Waals surface area contributed by atoms with Crippen LogP contribution in [-0.2, 0) is 11.2 Å². The minimum Gasteiger partial charge on any atom is -0.398 e. The van der Waals surface area contributed by atoms with E-state index in [0.29, 0.717) is 23.2 Å². The molecule has 2 aromatic carbocycles. The van der Waals surface area contributed by atoms with E-state index in [9.17, 15) is 13.6 Å². The molecule has 108 valence electrons. The van der Waals surface area contributed by atoms with Gasteiger partial charge in [0.1, 0.15) is 17.5 Å². The molecule has 0 spiro atoms. The van der Waals surface area contributed by atoms with E-state index in [1.54, 1.807) is 18.2 Å². The number of anilines is 1. The molecule has 0 radical (unpaired) electrons. The quantitative estimate of drug-likeness (QED) is 0.349. The summed E-state index contributed by atoms with van der Waals surface area (Å²) in [7, 11) is 0. The first-order valence-corrected chi connectivity index (χ1v) is 6.12. The molecule has 0 aliphatic rings. The summed E-state index contributed by atoms with van der Waals surface area (Å²) in [4.78, 5) is 10.4. The van der Waals surface area contributed by atoms with E-state index in [1.165, 1.54) is 12.1 Å². The molecule has 21 heavy (non-hydrogen) atoms. The molecule has 0 bridgehead atoms. The van der Waals surface area contributed by atoms with Gasteiger partial charge in [-0.3, -0.25) is 10.2 Å². The summed E-state index contributed by atoms with van der Waals surface area (Å²) in [5.41, 5.74) is 7.63. The third-order valence-electron chi connectivity index (χ3n) is 2.92. The summed E-state index contributed by atoms with van der Waals surface area (Å²) in [5.74, 6) is -1.41. The van der Waals surface area contributed by atoms with Gasteiger partial charge in [0.05, 0.1) is 0 Å². The highest BCUT2D eigenvalue weighted by Crippen LogP contribution is 2.18. The number of hydrogen-bond donors (Lipinski definition) is 3. The van der Waals surface area contributed by atoms with Gasteiger partial charge in [-0.05, 0) is 41.8 Å². The average molecular weight is 289 g/mol. The van der Waals surface area contributed by atoms with Crippen molar-refractivity contribution in [2.24, 2.45) is 0 Å². The van der Waals surface area contributed by atoms with Crippen LogP contribution in [0.25, 0.3) is 0 Å². The number of amides is 1. The van der Waals surface area contributed by atoms with Gasteiger partial charge in [0.25, 0.3) is 0 Å². The molecule has 0 aromatic heterocycles. The van der Waals surface area contributed by atoms with Crippen molar-refractivity contribution >= 4 is 17.9 Å². The van der Waals surface area contributed by atoms with Crippen molar-refractivity contribution in [1.29, 1.82) is 5.41 Å². The Morgan fingerprint density at radius 3 is 2.43 bits per heavy atom. The number of rotatable bonds is 4. The zero-order valence-electron chi connectivity index (χ0n) is 11.0. The van der Waals surface area contributed by atoms with Crippen molar-refractivity contribution in [2.45, 2.75) is 6.42 Å². The predicted octanol–water partition coefficient (Wildman–Crippen LogP) is 2.21. The SMILES string of the molecule is N=C(NC=O)c1cc(Cc2cc(F)cc(F)c2)ccc1N. The molecule has 0 atom stereocenters. The topological polar surface area (TPSA) is 79.0 Å². The highest BCUT2D eigenvalue weighted by molar-refractivity contribution is 6.05. The van der Waals surface area contributed by atoms with Crippen LogP contribution in [0.1, 0.15) is 16.7 Å². The summed E-state index contributed by atoms with van der Waals surface area (Å²) in [6.45, 7) is 0. The Hall–Kier alpha value is -2.76. The first kappa shape index (κ1) is 14.6. The zero-order chi connectivity index (χ0) is 15.4. The van der Waals surface area contributed by atoms with Crippen molar-refractivity contribution in [3.8, 4) is 0 Å². The van der Waals surface area contributed by atoms with Gasteiger partial charge in [0, 0.05) is 17.3 Å². The van der Waals surface area contributed by atoms with Crippen molar-refractivity contribution in [3.05, 3.63) is 64.7 Å². The number of carbonyl (C=O) groups excluding carboxylic acids is 1. The molecule has 0 unspecified atom stereocenters. The normalized spacial score (nSPS) is 10.2. The van der Waals surface area contributed by atoms with Crippen molar-refractivity contribution < 1.29 is 13.6 Å². The van der Waals surface area contributed by atoms with Crippen LogP contribution in [0.15, 0.2) is 36.4 Å². The maximum Gasteiger partial charge on any atom is 0.212 e. The molecule has 1 amide bonds. The van der Waals surface area contributed by atoms with Crippen LogP contribution in [0.5, 0.6) is 0 Å². The summed E-state index contributed by atoms with van der Waals surface area (Å²) < 4.78 is 26.3. The number of nitrogens with one attached hydrogen (secondary N) is 2. The molecule has 0 saturated carbocycles. The first-order valence-electron chi connectivity index (χ1n) is 6.12. The van der Waals surface area contributed by atoms with Gasteiger partial charge in [-0.1, -0.05) is 6.07 Å². The van der Waals surface area contributed by atoms with Crippen LogP contribution in [0.2, 0.25) is 0 Å². The van der Waals surface area contributed by atoms with E-state index in [2.05, 4.69) is 5.32 Å². The molecule has 4 N–H and O–H groups in total. The molecule has 0 aliphatic heterocycles. The Morgan fingerprint density at radius 1 is 1.14 bits per heavy atom. The Labute approximate surface area is 120 Å². The Bertz CT molecular complexity index is 681. The lowest BCUT2D eigenvalue weighted by Crippen LogP contribution is -2.22. The number of nitrogens with two attached hydrogens (primary N) is 1. The molecule has 0 heterocycles. The van der Waals surface area contributed by atoms with Crippen LogP contribution in [0, 0.1) is 17.0 Å². The zero-order valence-corrected chi connectivity index (χ0v) is 11.0. The summed E-state index contributed by atoms with van der Waals surface area (Å²) >= 11 is 0. The van der Waals surface area contributed by atoms with Crippen LogP contribution in [0.4, 0.5) is 14.5 Å². The fourth-order valence-electron chi connectivity index (χ4n) is 2.02. The van der Waals surface area contributed by atoms with Crippen LogP contribution in [0.3, 0.4) is 0 Å². The highest BCUT2D eigenvalue weighted by atomic mass is 19.1. The Balaban J connectivity index is 2.30. The van der Waals surface area contributed by atoms with Crippen molar-refractivity contribution in [1.82, 2.24) is 5.32 Å². The number of benzene rings is 2. The largest absolute Gasteiger partial charge is 0.398 e. The van der Waals surface area contributed by atoms with E-state index in [0.717, 1.165) is 11.6 Å². The van der Waals surface area contributed by atoms with Gasteiger partial charge < -0.3 is 11.1 Å². The maximum atomic E-state index is 13.2. The molecule has 0 saturated heterocycles. The number of hydrogen-bond acceptors (Lipinski definition) is 3. The highest BCUT2D eigenvalue weighted by Gasteiger charge is 2.08. The fourth-order valence-corrected chi connectivity index (χ4v) is 2.02. The fraction of sp³-hybridized carbons (Fsp3) is 0.0667. The molecule has 4 nitrogen and oxygen atoms in total. The Kier molecular flexibility index (Phi) is 4.27. The smallest absolute Gasteiger partial charge is 0.212 e. The predicted molar refractivity (Wildman–Crippen MR) is 76.0 cm³/mol. The van der Waals surface area contributed by atoms with Gasteiger partial charge in [-0.15, -0.1) is 0 Å². The van der Waals surface area contributed by atoms with Crippen molar-refractivity contribution in [3.63, 3.8) is 0 Å².